The second-order valence-corrected chi connectivity index (χ2v) is 7.09. The van der Waals surface area contributed by atoms with Crippen LogP contribution in [0, 0.1) is 0 Å². The highest BCUT2D eigenvalue weighted by molar-refractivity contribution is 9.10. The Balaban J connectivity index is 1.79. The smallest absolute Gasteiger partial charge is 0.133 e. The summed E-state index contributed by atoms with van der Waals surface area (Å²) < 4.78 is 6.76. The standard InChI is InChI=1S/C20H26BrNO/c1-15(2)23-20-12-11-18(13-19(20)21)14-22-16(3)9-10-17-7-5-4-6-8-17/h4-8,11-13,15-16,22H,9-10,14H2,1-3H3/t16-/m0/s1. The molecule has 2 aromatic carbocycles. The molecule has 0 aliphatic heterocycles. The number of aryl methyl sites for hydroxylation is 1. The SMILES string of the molecule is CC(C)Oc1ccc(CN[C@@H](C)CCc2ccccc2)cc1Br. The van der Waals surface area contributed by atoms with Crippen LogP contribution in [0.25, 0.3) is 0 Å². The Bertz CT molecular complexity index is 598. The first-order valence-electron chi connectivity index (χ1n) is 8.27. The number of halogens is 1. The molecular weight excluding hydrogens is 350 g/mol. The normalized spacial score (nSPS) is 12.4. The number of hydrogen-bond acceptors (Lipinski definition) is 2. The van der Waals surface area contributed by atoms with E-state index < -0.39 is 0 Å². The van der Waals surface area contributed by atoms with E-state index in [9.17, 15) is 0 Å². The van der Waals surface area contributed by atoms with Crippen LogP contribution in [0.15, 0.2) is 53.0 Å². The summed E-state index contributed by atoms with van der Waals surface area (Å²) in [5.74, 6) is 0.904. The van der Waals surface area contributed by atoms with Crippen LogP contribution in [-0.4, -0.2) is 12.1 Å². The van der Waals surface area contributed by atoms with Crippen molar-refractivity contribution in [2.24, 2.45) is 0 Å². The minimum absolute atomic E-state index is 0.188. The summed E-state index contributed by atoms with van der Waals surface area (Å²) in [5.41, 5.74) is 2.67. The van der Waals surface area contributed by atoms with Crippen LogP contribution in [-0.2, 0) is 13.0 Å². The highest BCUT2D eigenvalue weighted by Gasteiger charge is 2.06. The second kappa shape index (κ2) is 9.09. The lowest BCUT2D eigenvalue weighted by Crippen LogP contribution is -2.26. The quantitative estimate of drug-likeness (QED) is 0.671. The number of hydrogen-bond donors (Lipinski definition) is 1. The Morgan fingerprint density at radius 1 is 1.00 bits per heavy atom. The molecule has 23 heavy (non-hydrogen) atoms. The Morgan fingerprint density at radius 3 is 2.39 bits per heavy atom. The van der Waals surface area contributed by atoms with Gasteiger partial charge in [0.25, 0.3) is 0 Å². The van der Waals surface area contributed by atoms with Crippen molar-refractivity contribution in [3.63, 3.8) is 0 Å². The summed E-state index contributed by atoms with van der Waals surface area (Å²) in [6.07, 6.45) is 2.44. The van der Waals surface area contributed by atoms with Gasteiger partial charge in [-0.15, -0.1) is 0 Å². The van der Waals surface area contributed by atoms with Crippen molar-refractivity contribution in [2.75, 3.05) is 0 Å². The van der Waals surface area contributed by atoms with Gasteiger partial charge in [-0.05, 0) is 72.8 Å². The van der Waals surface area contributed by atoms with E-state index in [-0.39, 0.29) is 6.10 Å². The van der Waals surface area contributed by atoms with Gasteiger partial charge in [0.1, 0.15) is 5.75 Å². The van der Waals surface area contributed by atoms with E-state index in [1.807, 2.05) is 19.9 Å². The highest BCUT2D eigenvalue weighted by Crippen LogP contribution is 2.27. The molecule has 0 bridgehead atoms. The van der Waals surface area contributed by atoms with Crippen molar-refractivity contribution in [3.05, 3.63) is 64.1 Å². The van der Waals surface area contributed by atoms with E-state index in [2.05, 4.69) is 70.6 Å². The first kappa shape index (κ1) is 18.0. The number of ether oxygens (including phenoxy) is 1. The van der Waals surface area contributed by atoms with Gasteiger partial charge in [-0.3, -0.25) is 0 Å². The molecule has 3 heteroatoms. The third-order valence-electron chi connectivity index (χ3n) is 3.72. The number of nitrogens with one attached hydrogen (secondary N) is 1. The van der Waals surface area contributed by atoms with Crippen molar-refractivity contribution in [1.29, 1.82) is 0 Å². The Hall–Kier alpha value is -1.32. The van der Waals surface area contributed by atoms with Gasteiger partial charge in [-0.25, -0.2) is 0 Å². The summed E-state index contributed by atoms with van der Waals surface area (Å²) in [6, 6.07) is 17.4. The van der Waals surface area contributed by atoms with Crippen LogP contribution in [0.5, 0.6) is 5.75 Å². The van der Waals surface area contributed by atoms with Crippen molar-refractivity contribution < 1.29 is 4.74 Å². The second-order valence-electron chi connectivity index (χ2n) is 6.24. The molecule has 1 N–H and O–H groups in total. The molecule has 0 fully saturated rings. The molecule has 0 saturated heterocycles. The van der Waals surface area contributed by atoms with Crippen LogP contribution in [0.1, 0.15) is 38.3 Å². The van der Waals surface area contributed by atoms with E-state index in [0.717, 1.165) is 29.6 Å². The summed E-state index contributed by atoms with van der Waals surface area (Å²) >= 11 is 3.59. The predicted octanol–water partition coefficient (Wildman–Crippen LogP) is 5.35. The van der Waals surface area contributed by atoms with Crippen LogP contribution < -0.4 is 10.1 Å². The summed E-state index contributed by atoms with van der Waals surface area (Å²) in [4.78, 5) is 0. The van der Waals surface area contributed by atoms with Gasteiger partial charge < -0.3 is 10.1 Å². The molecule has 0 saturated carbocycles. The summed E-state index contributed by atoms with van der Waals surface area (Å²) in [6.45, 7) is 7.19. The van der Waals surface area contributed by atoms with Gasteiger partial charge >= 0.3 is 0 Å². The lowest BCUT2D eigenvalue weighted by molar-refractivity contribution is 0.241. The van der Waals surface area contributed by atoms with Gasteiger partial charge in [0, 0.05) is 12.6 Å². The van der Waals surface area contributed by atoms with Crippen molar-refractivity contribution in [2.45, 2.75) is 52.3 Å². The van der Waals surface area contributed by atoms with Gasteiger partial charge in [-0.1, -0.05) is 36.4 Å². The van der Waals surface area contributed by atoms with Gasteiger partial charge in [-0.2, -0.15) is 0 Å². The van der Waals surface area contributed by atoms with Gasteiger partial charge in [0.15, 0.2) is 0 Å². The molecule has 2 rings (SSSR count). The van der Waals surface area contributed by atoms with Crippen LogP contribution in [0.2, 0.25) is 0 Å². The van der Waals surface area contributed by atoms with E-state index >= 15 is 0 Å². The molecule has 1 atom stereocenters. The van der Waals surface area contributed by atoms with Gasteiger partial charge in [0.2, 0.25) is 0 Å². The van der Waals surface area contributed by atoms with E-state index in [4.69, 9.17) is 4.74 Å². The lowest BCUT2D eigenvalue weighted by atomic mass is 10.1. The first-order valence-corrected chi connectivity index (χ1v) is 9.06. The summed E-state index contributed by atoms with van der Waals surface area (Å²) in [7, 11) is 0. The highest BCUT2D eigenvalue weighted by atomic mass is 79.9. The molecule has 0 aromatic heterocycles. The minimum Gasteiger partial charge on any atom is -0.490 e. The molecule has 2 nitrogen and oxygen atoms in total. The lowest BCUT2D eigenvalue weighted by Gasteiger charge is -2.15. The van der Waals surface area contributed by atoms with E-state index in [1.54, 1.807) is 0 Å². The molecule has 0 radical (unpaired) electrons. The fourth-order valence-corrected chi connectivity index (χ4v) is 2.95. The summed E-state index contributed by atoms with van der Waals surface area (Å²) in [5, 5.41) is 3.59. The Kier molecular flexibility index (Phi) is 7.13. The molecule has 124 valence electrons. The zero-order chi connectivity index (χ0) is 16.7. The Labute approximate surface area is 148 Å². The largest absolute Gasteiger partial charge is 0.490 e. The minimum atomic E-state index is 0.188. The number of rotatable bonds is 8. The Morgan fingerprint density at radius 2 is 1.74 bits per heavy atom. The fraction of sp³-hybridized carbons (Fsp3) is 0.400. The zero-order valence-electron chi connectivity index (χ0n) is 14.2. The van der Waals surface area contributed by atoms with Crippen molar-refractivity contribution in [1.82, 2.24) is 5.32 Å². The maximum Gasteiger partial charge on any atom is 0.133 e. The predicted molar refractivity (Wildman–Crippen MR) is 101 cm³/mol. The maximum absolute atomic E-state index is 5.75. The van der Waals surface area contributed by atoms with Crippen LogP contribution in [0.3, 0.4) is 0 Å². The van der Waals surface area contributed by atoms with Crippen LogP contribution >= 0.6 is 15.9 Å². The maximum atomic E-state index is 5.75. The third-order valence-corrected chi connectivity index (χ3v) is 4.34. The van der Waals surface area contributed by atoms with Crippen molar-refractivity contribution >= 4 is 15.9 Å². The molecule has 0 aliphatic carbocycles. The van der Waals surface area contributed by atoms with E-state index in [1.165, 1.54) is 11.1 Å². The topological polar surface area (TPSA) is 21.3 Å². The van der Waals surface area contributed by atoms with Crippen molar-refractivity contribution in [3.8, 4) is 5.75 Å². The number of benzene rings is 2. The molecule has 0 aliphatic rings. The fourth-order valence-electron chi connectivity index (χ4n) is 2.43. The molecule has 2 aromatic rings. The molecule has 0 unspecified atom stereocenters. The van der Waals surface area contributed by atoms with Crippen LogP contribution in [0.4, 0.5) is 0 Å². The van der Waals surface area contributed by atoms with E-state index in [0.29, 0.717) is 6.04 Å². The molecule has 0 spiro atoms. The average Bonchev–Trinajstić information content (AvgIpc) is 2.54. The third kappa shape index (κ3) is 6.36. The molecule has 0 heterocycles. The van der Waals surface area contributed by atoms with Gasteiger partial charge in [0.05, 0.1) is 10.6 Å². The first-order chi connectivity index (χ1) is 11.0. The zero-order valence-corrected chi connectivity index (χ0v) is 15.8. The average molecular weight is 376 g/mol. The molecular formula is C20H26BrNO. The molecule has 0 amide bonds. The monoisotopic (exact) mass is 375 g/mol.